The third-order valence-electron chi connectivity index (χ3n) is 6.64. The maximum atomic E-state index is 12.9. The van der Waals surface area contributed by atoms with Gasteiger partial charge in [0.15, 0.2) is 0 Å². The molecule has 0 bridgehead atoms. The van der Waals surface area contributed by atoms with E-state index < -0.39 is 36.3 Å². The number of alkyl halides is 6. The van der Waals surface area contributed by atoms with Crippen LogP contribution in [0, 0.1) is 11.8 Å². The molecule has 0 aromatic carbocycles. The van der Waals surface area contributed by atoms with Crippen molar-refractivity contribution in [2.45, 2.75) is 63.3 Å². The van der Waals surface area contributed by atoms with Crippen LogP contribution in [0.15, 0.2) is 24.5 Å². The van der Waals surface area contributed by atoms with Gasteiger partial charge in [0.1, 0.15) is 0 Å². The second kappa shape index (κ2) is 18.0. The first-order chi connectivity index (χ1) is 20.4. The average molecular weight is 645 g/mol. The number of hydrogen-bond donors (Lipinski definition) is 5. The van der Waals surface area contributed by atoms with Crippen LogP contribution in [-0.2, 0) is 24.0 Å². The minimum Gasteiger partial charge on any atom is -0.481 e. The van der Waals surface area contributed by atoms with Crippen LogP contribution in [0.1, 0.15) is 56.6 Å². The highest BCUT2D eigenvalue weighted by atomic mass is 19.4. The summed E-state index contributed by atoms with van der Waals surface area (Å²) in [6.07, 6.45) is -2.00. The summed E-state index contributed by atoms with van der Waals surface area (Å²) < 4.78 is 63.5. The number of carboxylic acid groups (broad SMARTS) is 3. The van der Waals surface area contributed by atoms with E-state index in [-0.39, 0.29) is 24.2 Å². The average Bonchev–Trinajstić information content (AvgIpc) is 2.96. The van der Waals surface area contributed by atoms with Gasteiger partial charge in [-0.1, -0.05) is 6.07 Å². The van der Waals surface area contributed by atoms with Gasteiger partial charge in [0.2, 0.25) is 11.8 Å². The third-order valence-corrected chi connectivity index (χ3v) is 6.64. The van der Waals surface area contributed by atoms with Crippen LogP contribution in [0.2, 0.25) is 0 Å². The maximum Gasteiger partial charge on any atom is 0.490 e. The largest absolute Gasteiger partial charge is 0.490 e. The van der Waals surface area contributed by atoms with Crippen molar-refractivity contribution in [2.24, 2.45) is 11.8 Å². The zero-order valence-electron chi connectivity index (χ0n) is 23.4. The highest BCUT2D eigenvalue weighted by Gasteiger charge is 2.39. The molecule has 3 rings (SSSR count). The van der Waals surface area contributed by atoms with Gasteiger partial charge in [0.25, 0.3) is 0 Å². The Morgan fingerprint density at radius 2 is 1.55 bits per heavy atom. The summed E-state index contributed by atoms with van der Waals surface area (Å²) in [6, 6.07) is 2.85. The Bertz CT molecular complexity index is 1070. The predicted molar refractivity (Wildman–Crippen MR) is 139 cm³/mol. The lowest BCUT2D eigenvalue weighted by molar-refractivity contribution is -0.193. The van der Waals surface area contributed by atoms with Gasteiger partial charge >= 0.3 is 30.3 Å². The molecule has 5 N–H and O–H groups in total. The lowest BCUT2D eigenvalue weighted by atomic mass is 9.92. The minimum atomic E-state index is -5.08. The van der Waals surface area contributed by atoms with Crippen molar-refractivity contribution in [3.05, 3.63) is 30.1 Å². The van der Waals surface area contributed by atoms with Crippen LogP contribution >= 0.6 is 0 Å². The molecule has 248 valence electrons. The molecule has 0 saturated carbocycles. The van der Waals surface area contributed by atoms with Gasteiger partial charge in [-0.25, -0.2) is 9.59 Å². The monoisotopic (exact) mass is 644 g/mol. The smallest absolute Gasteiger partial charge is 0.481 e. The van der Waals surface area contributed by atoms with Crippen LogP contribution in [0.5, 0.6) is 0 Å². The van der Waals surface area contributed by atoms with E-state index in [4.69, 9.17) is 19.8 Å². The normalized spacial score (nSPS) is 18.0. The number of carbonyl (C=O) groups excluding carboxylic acids is 2. The Kier molecular flexibility index (Phi) is 15.6. The first-order valence-electron chi connectivity index (χ1n) is 13.4. The van der Waals surface area contributed by atoms with Crippen LogP contribution in [0.3, 0.4) is 0 Å². The summed E-state index contributed by atoms with van der Waals surface area (Å²) in [6.45, 7) is 3.15. The van der Waals surface area contributed by atoms with Crippen LogP contribution in [-0.4, -0.2) is 93.5 Å². The Morgan fingerprint density at radius 1 is 0.977 bits per heavy atom. The number of pyridine rings is 1. The minimum absolute atomic E-state index is 0.125. The van der Waals surface area contributed by atoms with E-state index in [0.717, 1.165) is 38.8 Å². The molecule has 0 radical (unpaired) electrons. The van der Waals surface area contributed by atoms with Gasteiger partial charge in [0.05, 0.1) is 18.4 Å². The molecular weight excluding hydrogens is 610 g/mol. The summed E-state index contributed by atoms with van der Waals surface area (Å²) in [4.78, 5) is 60.4. The summed E-state index contributed by atoms with van der Waals surface area (Å²) in [5.41, 5.74) is 0.666. The molecule has 1 aromatic heterocycles. The molecule has 0 aliphatic carbocycles. The van der Waals surface area contributed by atoms with E-state index in [2.05, 4.69) is 15.6 Å². The predicted octanol–water partition coefficient (Wildman–Crippen LogP) is 3.00. The molecule has 2 atom stereocenters. The number of piperidine rings is 2. The second-order valence-corrected chi connectivity index (χ2v) is 9.96. The highest BCUT2D eigenvalue weighted by molar-refractivity contribution is 5.82. The molecule has 44 heavy (non-hydrogen) atoms. The number of aromatic nitrogens is 1. The number of nitrogens with zero attached hydrogens (tertiary/aromatic N) is 2. The molecule has 0 unspecified atom stereocenters. The second-order valence-electron chi connectivity index (χ2n) is 9.96. The van der Waals surface area contributed by atoms with Crippen molar-refractivity contribution in [2.75, 3.05) is 26.2 Å². The third kappa shape index (κ3) is 15.0. The van der Waals surface area contributed by atoms with Gasteiger partial charge < -0.3 is 30.9 Å². The van der Waals surface area contributed by atoms with Gasteiger partial charge in [0, 0.05) is 31.9 Å². The highest BCUT2D eigenvalue weighted by Crippen LogP contribution is 2.23. The van der Waals surface area contributed by atoms with Crippen LogP contribution < -0.4 is 10.6 Å². The lowest BCUT2D eigenvalue weighted by Crippen LogP contribution is -2.46. The number of carboxylic acids is 3. The zero-order chi connectivity index (χ0) is 33.5. The fourth-order valence-corrected chi connectivity index (χ4v) is 4.37. The number of aliphatic carboxylic acids is 3. The molecule has 2 amide bonds. The van der Waals surface area contributed by atoms with E-state index in [1.165, 1.54) is 0 Å². The summed E-state index contributed by atoms with van der Waals surface area (Å²) in [5, 5.41) is 29.7. The van der Waals surface area contributed by atoms with Crippen molar-refractivity contribution in [3.8, 4) is 0 Å². The Morgan fingerprint density at radius 3 is 2.02 bits per heavy atom. The Balaban J connectivity index is 0.000000574. The number of likely N-dealkylation sites (tertiary alicyclic amines) is 1. The van der Waals surface area contributed by atoms with E-state index in [9.17, 15) is 45.8 Å². The first kappa shape index (κ1) is 38.1. The van der Waals surface area contributed by atoms with E-state index >= 15 is 0 Å². The molecule has 18 heteroatoms. The van der Waals surface area contributed by atoms with E-state index in [1.54, 1.807) is 24.5 Å². The van der Waals surface area contributed by atoms with Crippen molar-refractivity contribution in [1.29, 1.82) is 0 Å². The van der Waals surface area contributed by atoms with Crippen molar-refractivity contribution >= 4 is 29.7 Å². The lowest BCUT2D eigenvalue weighted by Gasteiger charge is -2.33. The molecule has 2 fully saturated rings. The standard InChI is InChI=1S/C22H32N4O4.2C2HF3O2/c27-20(6-5-16-7-10-23-11-8-16)26-12-2-4-18(15-26)22(30)25-19(13-21(28)29)17-3-1-9-24-14-17;2*3-2(4,5)1(6)7/h1,3,9,14,16,18-19,23H,2,4-8,10-13,15H2,(H,25,30)(H,28,29);2*(H,6,7)/t18-,19+;;/m1../s1. The van der Waals surface area contributed by atoms with Gasteiger partial charge in [-0.15, -0.1) is 0 Å². The molecular formula is C26H34F6N4O8. The molecule has 0 spiro atoms. The maximum absolute atomic E-state index is 12.9. The molecule has 2 saturated heterocycles. The fraction of sp³-hybridized carbons (Fsp3) is 0.615. The quantitative estimate of drug-likeness (QED) is 0.264. The van der Waals surface area contributed by atoms with Crippen molar-refractivity contribution in [1.82, 2.24) is 20.5 Å². The topological polar surface area (TPSA) is 186 Å². The number of amides is 2. The van der Waals surface area contributed by atoms with Crippen molar-refractivity contribution < 1.29 is 65.6 Å². The van der Waals surface area contributed by atoms with Crippen LogP contribution in [0.25, 0.3) is 0 Å². The van der Waals surface area contributed by atoms with Crippen LogP contribution in [0.4, 0.5) is 26.3 Å². The van der Waals surface area contributed by atoms with E-state index in [0.29, 0.717) is 37.4 Å². The van der Waals surface area contributed by atoms with Gasteiger partial charge in [-0.3, -0.25) is 19.4 Å². The number of nitrogens with one attached hydrogen (secondary N) is 2. The fourth-order valence-electron chi connectivity index (χ4n) is 4.37. The molecule has 1 aromatic rings. The molecule has 12 nitrogen and oxygen atoms in total. The molecule has 2 aliphatic rings. The first-order valence-corrected chi connectivity index (χ1v) is 13.4. The summed E-state index contributed by atoms with van der Waals surface area (Å²) in [5.74, 6) is -6.27. The van der Waals surface area contributed by atoms with Gasteiger partial charge in [-0.05, 0) is 62.7 Å². The number of hydrogen-bond acceptors (Lipinski definition) is 7. The zero-order valence-corrected chi connectivity index (χ0v) is 23.4. The Labute approximate surface area is 247 Å². The molecule has 3 heterocycles. The van der Waals surface area contributed by atoms with E-state index in [1.807, 2.05) is 4.90 Å². The summed E-state index contributed by atoms with van der Waals surface area (Å²) in [7, 11) is 0. The number of rotatable bonds is 8. The molecule has 2 aliphatic heterocycles. The Hall–Kier alpha value is -3.96. The SMILES string of the molecule is O=C(O)C(F)(F)F.O=C(O)C(F)(F)F.O=C(O)C[C@H](NC(=O)[C@@H]1CCCN(C(=O)CCC2CCNCC2)C1)c1cccnc1. The number of carbonyl (C=O) groups is 5. The van der Waals surface area contributed by atoms with Gasteiger partial charge in [-0.2, -0.15) is 26.3 Å². The number of halogens is 6. The van der Waals surface area contributed by atoms with Crippen molar-refractivity contribution in [3.63, 3.8) is 0 Å². The summed E-state index contributed by atoms with van der Waals surface area (Å²) >= 11 is 0.